The summed E-state index contributed by atoms with van der Waals surface area (Å²) >= 11 is 11.1. The van der Waals surface area contributed by atoms with E-state index in [0.717, 1.165) is 14.6 Å². The minimum Gasteiger partial charge on any atom is -0.352 e. The Morgan fingerprint density at radius 3 is 2.70 bits per heavy atom. The van der Waals surface area contributed by atoms with E-state index in [1.54, 1.807) is 11.3 Å². The summed E-state index contributed by atoms with van der Waals surface area (Å²) in [6.45, 7) is 0. The molecule has 1 aliphatic heterocycles. The molecule has 1 saturated heterocycles. The molecule has 2 aromatic heterocycles. The molecule has 0 unspecified atom stereocenters. The van der Waals surface area contributed by atoms with Crippen LogP contribution in [0.5, 0.6) is 0 Å². The second-order valence-electron chi connectivity index (χ2n) is 6.11. The molecule has 120 valence electrons. The Labute approximate surface area is 154 Å². The molecule has 1 N–H and O–H groups in total. The average molecular weight is 408 g/mol. The van der Waals surface area contributed by atoms with Crippen LogP contribution in [0.2, 0.25) is 0 Å². The molecule has 23 heavy (non-hydrogen) atoms. The van der Waals surface area contributed by atoms with Crippen LogP contribution in [0.1, 0.15) is 48.3 Å². The highest BCUT2D eigenvalue weighted by molar-refractivity contribution is 9.11. The smallest absolute Gasteiger partial charge is 0.170 e. The normalized spacial score (nSPS) is 25.1. The summed E-state index contributed by atoms with van der Waals surface area (Å²) in [5.74, 6) is 0. The van der Waals surface area contributed by atoms with Gasteiger partial charge in [-0.2, -0.15) is 0 Å². The van der Waals surface area contributed by atoms with Crippen molar-refractivity contribution < 1.29 is 0 Å². The molecule has 0 aromatic carbocycles. The van der Waals surface area contributed by atoms with Gasteiger partial charge in [0.15, 0.2) is 5.11 Å². The van der Waals surface area contributed by atoms with Crippen LogP contribution < -0.4 is 5.32 Å². The van der Waals surface area contributed by atoms with Gasteiger partial charge in [0.05, 0.1) is 21.6 Å². The van der Waals surface area contributed by atoms with E-state index >= 15 is 0 Å². The van der Waals surface area contributed by atoms with Crippen molar-refractivity contribution in [3.63, 3.8) is 0 Å². The van der Waals surface area contributed by atoms with Crippen LogP contribution in [0, 0.1) is 0 Å². The van der Waals surface area contributed by atoms with E-state index in [1.165, 1.54) is 30.6 Å². The van der Waals surface area contributed by atoms with Gasteiger partial charge in [0.25, 0.3) is 0 Å². The molecule has 0 bridgehead atoms. The van der Waals surface area contributed by atoms with Crippen LogP contribution in [0.4, 0.5) is 0 Å². The predicted molar refractivity (Wildman–Crippen MR) is 102 cm³/mol. The fourth-order valence-corrected chi connectivity index (χ4v) is 5.68. The Kier molecular flexibility index (Phi) is 4.39. The summed E-state index contributed by atoms with van der Waals surface area (Å²) < 4.78 is 1.16. The molecule has 3 heterocycles. The number of hydrogen-bond acceptors (Lipinski definition) is 3. The van der Waals surface area contributed by atoms with Crippen LogP contribution in [0.3, 0.4) is 0 Å². The van der Waals surface area contributed by atoms with E-state index in [-0.39, 0.29) is 12.1 Å². The van der Waals surface area contributed by atoms with Gasteiger partial charge in [0.2, 0.25) is 0 Å². The number of rotatable bonds is 3. The number of halogens is 1. The fourth-order valence-electron chi connectivity index (χ4n) is 3.73. The van der Waals surface area contributed by atoms with Crippen LogP contribution >= 0.6 is 39.5 Å². The number of nitrogens with one attached hydrogen (secondary N) is 1. The van der Waals surface area contributed by atoms with Crippen molar-refractivity contribution in [1.82, 2.24) is 15.2 Å². The zero-order valence-corrected chi connectivity index (χ0v) is 15.8. The molecule has 1 aliphatic carbocycles. The maximum Gasteiger partial charge on any atom is 0.170 e. The van der Waals surface area contributed by atoms with Gasteiger partial charge in [-0.05, 0) is 65.3 Å². The molecule has 2 aliphatic rings. The standard InChI is InChI=1S/C17H18BrN3S2/c18-14-9-8-13(23-14)16-15(12-7-3-4-10-19-12)20-17(22)21(16)11-5-1-2-6-11/h3-4,7-11,15-16H,1-2,5-6H2,(H,20,22)/t15-,16-/m0/s1. The monoisotopic (exact) mass is 407 g/mol. The molecule has 2 atom stereocenters. The van der Waals surface area contributed by atoms with E-state index in [9.17, 15) is 0 Å². The highest BCUT2D eigenvalue weighted by Crippen LogP contribution is 2.45. The first kappa shape index (κ1) is 15.5. The summed E-state index contributed by atoms with van der Waals surface area (Å²) in [6, 6.07) is 11.3. The first-order valence-electron chi connectivity index (χ1n) is 7.99. The third-order valence-electron chi connectivity index (χ3n) is 4.74. The number of aromatic nitrogens is 1. The molecule has 6 heteroatoms. The van der Waals surface area contributed by atoms with Crippen molar-refractivity contribution in [2.75, 3.05) is 0 Å². The first-order valence-corrected chi connectivity index (χ1v) is 10.0. The van der Waals surface area contributed by atoms with Gasteiger partial charge in [-0.15, -0.1) is 11.3 Å². The predicted octanol–water partition coefficient (Wildman–Crippen LogP) is 4.82. The van der Waals surface area contributed by atoms with Crippen molar-refractivity contribution in [1.29, 1.82) is 0 Å². The van der Waals surface area contributed by atoms with Gasteiger partial charge in [-0.3, -0.25) is 4.98 Å². The highest BCUT2D eigenvalue weighted by Gasteiger charge is 2.44. The Hall–Kier alpha value is -0.980. The Balaban J connectivity index is 1.75. The maximum atomic E-state index is 5.72. The third-order valence-corrected chi connectivity index (χ3v) is 6.76. The Morgan fingerprint density at radius 1 is 1.22 bits per heavy atom. The topological polar surface area (TPSA) is 28.2 Å². The van der Waals surface area contributed by atoms with Crippen molar-refractivity contribution >= 4 is 44.6 Å². The maximum absolute atomic E-state index is 5.72. The van der Waals surface area contributed by atoms with E-state index < -0.39 is 0 Å². The summed E-state index contributed by atoms with van der Waals surface area (Å²) in [7, 11) is 0. The molecular weight excluding hydrogens is 390 g/mol. The van der Waals surface area contributed by atoms with Gasteiger partial charge in [0.1, 0.15) is 0 Å². The van der Waals surface area contributed by atoms with Crippen molar-refractivity contribution in [2.24, 2.45) is 0 Å². The van der Waals surface area contributed by atoms with Gasteiger partial charge in [-0.1, -0.05) is 18.9 Å². The van der Waals surface area contributed by atoms with Crippen molar-refractivity contribution in [2.45, 2.75) is 43.8 Å². The number of nitrogens with zero attached hydrogens (tertiary/aromatic N) is 2. The summed E-state index contributed by atoms with van der Waals surface area (Å²) in [6.07, 6.45) is 6.94. The van der Waals surface area contributed by atoms with Crippen molar-refractivity contribution in [3.8, 4) is 0 Å². The molecule has 0 spiro atoms. The molecule has 0 radical (unpaired) electrons. The summed E-state index contributed by atoms with van der Waals surface area (Å²) in [5.41, 5.74) is 1.06. The van der Waals surface area contributed by atoms with Gasteiger partial charge in [0, 0.05) is 17.1 Å². The fraction of sp³-hybridized carbons (Fsp3) is 0.412. The summed E-state index contributed by atoms with van der Waals surface area (Å²) in [5, 5.41) is 4.42. The molecule has 0 amide bonds. The molecular formula is C17H18BrN3S2. The van der Waals surface area contributed by atoms with E-state index in [4.69, 9.17) is 12.2 Å². The lowest BCUT2D eigenvalue weighted by atomic mass is 10.0. The van der Waals surface area contributed by atoms with Gasteiger partial charge >= 0.3 is 0 Å². The molecule has 3 nitrogen and oxygen atoms in total. The molecule has 2 aromatic rings. The minimum absolute atomic E-state index is 0.120. The zero-order chi connectivity index (χ0) is 15.8. The quantitative estimate of drug-likeness (QED) is 0.737. The molecule has 1 saturated carbocycles. The summed E-state index contributed by atoms with van der Waals surface area (Å²) in [4.78, 5) is 8.37. The number of thiocarbonyl (C=S) groups is 1. The number of hydrogen-bond donors (Lipinski definition) is 1. The van der Waals surface area contributed by atoms with Crippen LogP contribution in [0.25, 0.3) is 0 Å². The lowest BCUT2D eigenvalue weighted by molar-refractivity contribution is 0.249. The average Bonchev–Trinajstić information content (AvgIpc) is 3.27. The van der Waals surface area contributed by atoms with Gasteiger partial charge in [-0.25, -0.2) is 0 Å². The lowest BCUT2D eigenvalue weighted by Crippen LogP contribution is -2.37. The van der Waals surface area contributed by atoms with Crippen molar-refractivity contribution in [3.05, 3.63) is 50.9 Å². The number of pyridine rings is 1. The van der Waals surface area contributed by atoms with Crippen LogP contribution in [0.15, 0.2) is 40.3 Å². The van der Waals surface area contributed by atoms with Crippen LogP contribution in [-0.2, 0) is 0 Å². The van der Waals surface area contributed by atoms with E-state index in [2.05, 4.69) is 49.3 Å². The molecule has 4 rings (SSSR count). The highest BCUT2D eigenvalue weighted by atomic mass is 79.9. The minimum atomic E-state index is 0.120. The first-order chi connectivity index (χ1) is 11.2. The SMILES string of the molecule is S=C1N[C@@H](c2ccccn2)[C@H](c2ccc(Br)s2)N1C1CCCC1. The third kappa shape index (κ3) is 2.92. The Morgan fingerprint density at radius 2 is 2.04 bits per heavy atom. The molecule has 2 fully saturated rings. The van der Waals surface area contributed by atoms with E-state index in [0.29, 0.717) is 6.04 Å². The van der Waals surface area contributed by atoms with E-state index in [1.807, 2.05) is 18.3 Å². The zero-order valence-electron chi connectivity index (χ0n) is 12.6. The number of thiophene rings is 1. The largest absolute Gasteiger partial charge is 0.352 e. The second kappa shape index (κ2) is 6.49. The Bertz CT molecular complexity index is 697. The van der Waals surface area contributed by atoms with Gasteiger partial charge < -0.3 is 10.2 Å². The van der Waals surface area contributed by atoms with Crippen LogP contribution in [-0.4, -0.2) is 21.0 Å². The second-order valence-corrected chi connectivity index (χ2v) is 9.00. The lowest BCUT2D eigenvalue weighted by Gasteiger charge is -2.32.